The zero-order valence-electron chi connectivity index (χ0n) is 8.95. The summed E-state index contributed by atoms with van der Waals surface area (Å²) >= 11 is 4.65. The first-order valence-electron chi connectivity index (χ1n) is 4.63. The summed E-state index contributed by atoms with van der Waals surface area (Å²) in [5, 5.41) is 8.33. The normalized spacial score (nSPS) is 10.0. The van der Waals surface area contributed by atoms with Crippen LogP contribution in [0, 0.1) is 0 Å². The maximum atomic E-state index is 11.3. The Labute approximate surface area is 110 Å². The monoisotopic (exact) mass is 322 g/mol. The lowest BCUT2D eigenvalue weighted by Crippen LogP contribution is -2.37. The van der Waals surface area contributed by atoms with Gasteiger partial charge < -0.3 is 9.84 Å². The summed E-state index contributed by atoms with van der Waals surface area (Å²) in [5.74, 6) is -0.376. The van der Waals surface area contributed by atoms with Gasteiger partial charge in [0, 0.05) is 15.9 Å². The smallest absolute Gasteiger partial charge is 0.419 e. The summed E-state index contributed by atoms with van der Waals surface area (Å²) in [6.45, 7) is 0.437. The summed E-state index contributed by atoms with van der Waals surface area (Å²) in [4.78, 5) is 22.9. The van der Waals surface area contributed by atoms with Crippen LogP contribution in [-0.4, -0.2) is 30.8 Å². The molecule has 0 aromatic carbocycles. The van der Waals surface area contributed by atoms with Crippen LogP contribution in [0.2, 0.25) is 0 Å². The van der Waals surface area contributed by atoms with Crippen molar-refractivity contribution < 1.29 is 19.4 Å². The zero-order chi connectivity index (χ0) is 12.8. The van der Waals surface area contributed by atoms with Crippen LogP contribution in [0.5, 0.6) is 0 Å². The number of carbonyl (C=O) groups excluding carboxylic acids is 1. The number of carbonyl (C=O) groups is 2. The number of esters is 1. The van der Waals surface area contributed by atoms with Crippen LogP contribution in [0.25, 0.3) is 0 Å². The molecule has 1 aromatic heterocycles. The number of ether oxygens (including phenoxy) is 1. The third-order valence-electron chi connectivity index (χ3n) is 1.82. The van der Waals surface area contributed by atoms with Crippen LogP contribution in [0.15, 0.2) is 10.5 Å². The Bertz CT molecular complexity index is 421. The van der Waals surface area contributed by atoms with Crippen molar-refractivity contribution in [3.05, 3.63) is 20.3 Å². The van der Waals surface area contributed by atoms with E-state index in [1.165, 1.54) is 18.4 Å². The lowest BCUT2D eigenvalue weighted by molar-refractivity contribution is 0.0606. The predicted octanol–water partition coefficient (Wildman–Crippen LogP) is 1.61. The molecule has 0 aliphatic carbocycles. The number of methoxy groups -OCH3 is 1. The fraction of sp³-hybridized carbons (Fsp3) is 0.333. The highest BCUT2D eigenvalue weighted by molar-refractivity contribution is 9.10. The van der Waals surface area contributed by atoms with E-state index >= 15 is 0 Å². The van der Waals surface area contributed by atoms with Crippen molar-refractivity contribution in [1.29, 1.82) is 0 Å². The third-order valence-corrected chi connectivity index (χ3v) is 3.96. The number of nitrogens with one attached hydrogen (secondary N) is 2. The Hall–Kier alpha value is -1.12. The highest BCUT2D eigenvalue weighted by Crippen LogP contribution is 2.28. The summed E-state index contributed by atoms with van der Waals surface area (Å²) < 4.78 is 5.43. The van der Waals surface area contributed by atoms with Gasteiger partial charge in [-0.25, -0.2) is 15.0 Å². The van der Waals surface area contributed by atoms with Crippen LogP contribution in [0.3, 0.4) is 0 Å². The van der Waals surface area contributed by atoms with E-state index in [1.54, 1.807) is 6.07 Å². The van der Waals surface area contributed by atoms with E-state index in [2.05, 4.69) is 26.1 Å². The number of carboxylic acid groups (broad SMARTS) is 1. The van der Waals surface area contributed by atoms with Gasteiger partial charge in [0.2, 0.25) is 0 Å². The first kappa shape index (κ1) is 13.9. The largest absolute Gasteiger partial charge is 0.465 e. The van der Waals surface area contributed by atoms with Gasteiger partial charge in [-0.15, -0.1) is 11.3 Å². The van der Waals surface area contributed by atoms with Gasteiger partial charge in [0.15, 0.2) is 0 Å². The van der Waals surface area contributed by atoms with Gasteiger partial charge in [0.25, 0.3) is 0 Å². The molecular formula is C9H11BrN2O4S. The van der Waals surface area contributed by atoms with Crippen LogP contribution in [0.4, 0.5) is 4.79 Å². The van der Waals surface area contributed by atoms with Gasteiger partial charge in [-0.1, -0.05) is 0 Å². The maximum Gasteiger partial charge on any atom is 0.419 e. The predicted molar refractivity (Wildman–Crippen MR) is 66.2 cm³/mol. The Morgan fingerprint density at radius 1 is 1.59 bits per heavy atom. The topological polar surface area (TPSA) is 87.7 Å². The van der Waals surface area contributed by atoms with E-state index in [-0.39, 0.29) is 5.97 Å². The molecule has 17 heavy (non-hydrogen) atoms. The number of hydrogen-bond acceptors (Lipinski definition) is 5. The molecule has 1 aromatic rings. The van der Waals surface area contributed by atoms with Crippen LogP contribution in [0.1, 0.15) is 14.5 Å². The van der Waals surface area contributed by atoms with Gasteiger partial charge in [-0.05, 0) is 28.4 Å². The quantitative estimate of drug-likeness (QED) is 0.435. The molecule has 3 N–H and O–H groups in total. The average Bonchev–Trinajstić information content (AvgIpc) is 2.65. The second kappa shape index (κ2) is 6.58. The van der Waals surface area contributed by atoms with Crippen LogP contribution >= 0.6 is 27.3 Å². The summed E-state index contributed by atoms with van der Waals surface area (Å²) in [6, 6.07) is 1.69. The molecule has 0 aliphatic rings. The molecule has 94 valence electrons. The summed E-state index contributed by atoms with van der Waals surface area (Å²) in [5.41, 5.74) is 4.57. The van der Waals surface area contributed by atoms with Gasteiger partial charge in [-0.3, -0.25) is 5.43 Å². The number of amides is 1. The Morgan fingerprint density at radius 2 is 2.29 bits per heavy atom. The van der Waals surface area contributed by atoms with E-state index in [1.807, 2.05) is 5.43 Å². The highest BCUT2D eigenvalue weighted by Gasteiger charge is 2.13. The first-order chi connectivity index (χ1) is 8.04. The molecule has 0 spiro atoms. The Balaban J connectivity index is 2.51. The minimum atomic E-state index is -1.13. The van der Waals surface area contributed by atoms with Gasteiger partial charge >= 0.3 is 12.1 Å². The number of halogens is 1. The van der Waals surface area contributed by atoms with Crippen molar-refractivity contribution in [2.24, 2.45) is 0 Å². The fourth-order valence-corrected chi connectivity index (χ4v) is 2.88. The van der Waals surface area contributed by atoms with E-state index < -0.39 is 6.09 Å². The van der Waals surface area contributed by atoms with Crippen molar-refractivity contribution in [2.75, 3.05) is 13.7 Å². The van der Waals surface area contributed by atoms with E-state index in [0.717, 1.165) is 9.35 Å². The number of thiophene rings is 1. The Kier molecular flexibility index (Phi) is 5.39. The molecular weight excluding hydrogens is 312 g/mol. The third kappa shape index (κ3) is 4.33. The molecule has 0 atom stereocenters. The molecule has 1 rings (SSSR count). The molecule has 0 aliphatic heterocycles. The summed E-state index contributed by atoms with van der Waals surface area (Å²) in [6.07, 6.45) is -0.534. The lowest BCUT2D eigenvalue weighted by Gasteiger charge is -2.02. The summed E-state index contributed by atoms with van der Waals surface area (Å²) in [7, 11) is 1.33. The van der Waals surface area contributed by atoms with E-state index in [0.29, 0.717) is 17.8 Å². The zero-order valence-corrected chi connectivity index (χ0v) is 11.4. The van der Waals surface area contributed by atoms with Gasteiger partial charge in [0.1, 0.15) is 4.88 Å². The minimum Gasteiger partial charge on any atom is -0.465 e. The van der Waals surface area contributed by atoms with Crippen molar-refractivity contribution in [2.45, 2.75) is 6.42 Å². The number of rotatable bonds is 5. The second-order valence-corrected chi connectivity index (χ2v) is 4.97. The SMILES string of the molecule is COC(=O)c1cc(Br)c(CCNNC(=O)O)s1. The van der Waals surface area contributed by atoms with Crippen molar-refractivity contribution in [3.63, 3.8) is 0 Å². The maximum absolute atomic E-state index is 11.3. The molecule has 0 saturated heterocycles. The average molecular weight is 323 g/mol. The van der Waals surface area contributed by atoms with Crippen molar-refractivity contribution >= 4 is 39.3 Å². The second-order valence-electron chi connectivity index (χ2n) is 2.98. The van der Waals surface area contributed by atoms with Crippen molar-refractivity contribution in [1.82, 2.24) is 10.9 Å². The molecule has 0 saturated carbocycles. The number of hydrazine groups is 1. The van der Waals surface area contributed by atoms with E-state index in [9.17, 15) is 9.59 Å². The molecule has 1 amide bonds. The number of hydrogen-bond donors (Lipinski definition) is 3. The van der Waals surface area contributed by atoms with Crippen molar-refractivity contribution in [3.8, 4) is 0 Å². The molecule has 8 heteroatoms. The molecule has 1 heterocycles. The van der Waals surface area contributed by atoms with E-state index in [4.69, 9.17) is 5.11 Å². The lowest BCUT2D eigenvalue weighted by atomic mass is 10.3. The van der Waals surface area contributed by atoms with Crippen LogP contribution < -0.4 is 10.9 Å². The molecule has 0 fully saturated rings. The highest BCUT2D eigenvalue weighted by atomic mass is 79.9. The van der Waals surface area contributed by atoms with Gasteiger partial charge in [0.05, 0.1) is 7.11 Å². The Morgan fingerprint density at radius 3 is 2.88 bits per heavy atom. The van der Waals surface area contributed by atoms with Gasteiger partial charge in [-0.2, -0.15) is 0 Å². The van der Waals surface area contributed by atoms with Crippen LogP contribution in [-0.2, 0) is 11.2 Å². The minimum absolute atomic E-state index is 0.376. The fourth-order valence-electron chi connectivity index (χ4n) is 1.09. The molecule has 6 nitrogen and oxygen atoms in total. The molecule has 0 radical (unpaired) electrons. The molecule has 0 unspecified atom stereocenters. The molecule has 0 bridgehead atoms. The first-order valence-corrected chi connectivity index (χ1v) is 6.24. The standard InChI is InChI=1S/C9H11BrN2O4S/c1-16-8(13)7-4-5(10)6(17-7)2-3-11-12-9(14)15/h4,11-12H,2-3H2,1H3,(H,14,15).